The maximum Gasteiger partial charge on any atom is 0.161 e. The number of methoxy groups -OCH3 is 1. The molecule has 0 bridgehead atoms. The van der Waals surface area contributed by atoms with E-state index >= 15 is 0 Å². The first-order valence-electron chi connectivity index (χ1n) is 5.66. The first-order chi connectivity index (χ1) is 9.06. The van der Waals surface area contributed by atoms with Crippen molar-refractivity contribution in [2.24, 2.45) is 0 Å². The van der Waals surface area contributed by atoms with Gasteiger partial charge in [0.1, 0.15) is 5.15 Å². The van der Waals surface area contributed by atoms with Crippen LogP contribution in [0.15, 0.2) is 18.2 Å². The van der Waals surface area contributed by atoms with Crippen LogP contribution in [0.4, 0.5) is 0 Å². The molecule has 0 spiro atoms. The number of hydrogen-bond donors (Lipinski definition) is 1. The van der Waals surface area contributed by atoms with Crippen LogP contribution in [-0.4, -0.2) is 22.2 Å². The highest BCUT2D eigenvalue weighted by Gasteiger charge is 2.12. The predicted molar refractivity (Wildman–Crippen MR) is 82.8 cm³/mol. The van der Waals surface area contributed by atoms with Gasteiger partial charge in [-0.1, -0.05) is 18.5 Å². The lowest BCUT2D eigenvalue weighted by Crippen LogP contribution is -1.99. The van der Waals surface area contributed by atoms with Gasteiger partial charge in [0.2, 0.25) is 0 Å². The zero-order chi connectivity index (χ0) is 14.0. The highest BCUT2D eigenvalue weighted by atomic mass is 127. The minimum atomic E-state index is 0.0820. The molecule has 4 nitrogen and oxygen atoms in total. The molecule has 1 N–H and O–H groups in total. The Hall–Kier alpha value is -1.08. The number of phenolic OH excluding ortho intramolecular Hbond substituents is 1. The summed E-state index contributed by atoms with van der Waals surface area (Å²) in [5, 5.41) is 10.0. The van der Waals surface area contributed by atoms with Gasteiger partial charge in [0.25, 0.3) is 0 Å². The number of hydrogen-bond acceptors (Lipinski definition) is 4. The smallest absolute Gasteiger partial charge is 0.161 e. The second kappa shape index (κ2) is 5.92. The average Bonchev–Trinajstić information content (AvgIpc) is 2.42. The fraction of sp³-hybridized carbons (Fsp3) is 0.231. The van der Waals surface area contributed by atoms with E-state index in [0.29, 0.717) is 16.7 Å². The zero-order valence-electron chi connectivity index (χ0n) is 10.4. The molecule has 0 aliphatic heterocycles. The largest absolute Gasteiger partial charge is 0.504 e. The summed E-state index contributed by atoms with van der Waals surface area (Å²) in [4.78, 5) is 8.75. The molecular weight excluding hydrogens is 379 g/mol. The number of aromatic nitrogens is 2. The van der Waals surface area contributed by atoms with Crippen LogP contribution >= 0.6 is 34.2 Å². The van der Waals surface area contributed by atoms with Gasteiger partial charge in [0.05, 0.1) is 16.4 Å². The van der Waals surface area contributed by atoms with Crippen molar-refractivity contribution in [3.63, 3.8) is 0 Å². The van der Waals surface area contributed by atoms with Crippen LogP contribution in [0, 0.1) is 3.57 Å². The van der Waals surface area contributed by atoms with E-state index in [1.54, 1.807) is 18.2 Å². The first-order valence-corrected chi connectivity index (χ1v) is 7.11. The van der Waals surface area contributed by atoms with Crippen molar-refractivity contribution >= 4 is 34.2 Å². The van der Waals surface area contributed by atoms with E-state index in [1.165, 1.54) is 7.11 Å². The summed E-state index contributed by atoms with van der Waals surface area (Å²) >= 11 is 8.25. The first kappa shape index (κ1) is 14.3. The Morgan fingerprint density at radius 2 is 2.11 bits per heavy atom. The summed E-state index contributed by atoms with van der Waals surface area (Å²) in [6, 6.07) is 4.97. The van der Waals surface area contributed by atoms with Crippen LogP contribution in [0.5, 0.6) is 11.5 Å². The molecule has 0 atom stereocenters. The minimum absolute atomic E-state index is 0.0820. The molecule has 0 radical (unpaired) electrons. The van der Waals surface area contributed by atoms with Crippen molar-refractivity contribution in [2.75, 3.05) is 7.11 Å². The molecule has 0 unspecified atom stereocenters. The Bertz CT molecular complexity index is 620. The summed E-state index contributed by atoms with van der Waals surface area (Å²) in [5.74, 6) is 0.993. The fourth-order valence-electron chi connectivity index (χ4n) is 1.64. The number of phenols is 1. The molecule has 1 aromatic heterocycles. The van der Waals surface area contributed by atoms with Gasteiger partial charge >= 0.3 is 0 Å². The standard InChI is InChI=1S/C13H12ClIN2O2/c1-3-8-11(15)12(14)17-13(16-8)7-4-5-9(18)10(6-7)19-2/h4-6,18H,3H2,1-2H3. The van der Waals surface area contributed by atoms with E-state index in [9.17, 15) is 5.11 Å². The lowest BCUT2D eigenvalue weighted by molar-refractivity contribution is 0.373. The summed E-state index contributed by atoms with van der Waals surface area (Å²) in [5.41, 5.74) is 1.66. The lowest BCUT2D eigenvalue weighted by atomic mass is 10.2. The molecule has 6 heteroatoms. The maximum absolute atomic E-state index is 9.59. The normalized spacial score (nSPS) is 10.5. The van der Waals surface area contributed by atoms with E-state index in [0.717, 1.165) is 21.2 Å². The summed E-state index contributed by atoms with van der Waals surface area (Å²) < 4.78 is 5.95. The van der Waals surface area contributed by atoms with E-state index in [1.807, 2.05) is 6.92 Å². The Kier molecular flexibility index (Phi) is 4.46. The zero-order valence-corrected chi connectivity index (χ0v) is 13.4. The Morgan fingerprint density at radius 1 is 1.37 bits per heavy atom. The molecule has 1 aromatic carbocycles. The molecule has 0 amide bonds. The van der Waals surface area contributed by atoms with Crippen LogP contribution in [0.25, 0.3) is 11.4 Å². The Balaban J connectivity index is 2.55. The maximum atomic E-state index is 9.59. The molecule has 0 aliphatic carbocycles. The molecule has 19 heavy (non-hydrogen) atoms. The molecule has 1 heterocycles. The monoisotopic (exact) mass is 390 g/mol. The summed E-state index contributed by atoms with van der Waals surface area (Å²) in [7, 11) is 1.50. The molecule has 0 saturated carbocycles. The number of aromatic hydroxyl groups is 1. The van der Waals surface area contributed by atoms with Crippen LogP contribution in [0.1, 0.15) is 12.6 Å². The van der Waals surface area contributed by atoms with Gasteiger partial charge in [-0.15, -0.1) is 0 Å². The Morgan fingerprint density at radius 3 is 2.74 bits per heavy atom. The van der Waals surface area contributed by atoms with Gasteiger partial charge in [-0.2, -0.15) is 0 Å². The van der Waals surface area contributed by atoms with E-state index in [4.69, 9.17) is 16.3 Å². The van der Waals surface area contributed by atoms with Crippen LogP contribution < -0.4 is 4.74 Å². The van der Waals surface area contributed by atoms with Crippen molar-refractivity contribution in [3.05, 3.63) is 32.6 Å². The topological polar surface area (TPSA) is 55.2 Å². The van der Waals surface area contributed by atoms with E-state index < -0.39 is 0 Å². The van der Waals surface area contributed by atoms with Crippen molar-refractivity contribution in [1.82, 2.24) is 9.97 Å². The van der Waals surface area contributed by atoms with Gasteiger partial charge < -0.3 is 9.84 Å². The third kappa shape index (κ3) is 2.92. The highest BCUT2D eigenvalue weighted by Crippen LogP contribution is 2.31. The van der Waals surface area contributed by atoms with Crippen LogP contribution in [0.3, 0.4) is 0 Å². The highest BCUT2D eigenvalue weighted by molar-refractivity contribution is 14.1. The minimum Gasteiger partial charge on any atom is -0.504 e. The SMILES string of the molecule is CCc1nc(-c2ccc(O)c(OC)c2)nc(Cl)c1I. The lowest BCUT2D eigenvalue weighted by Gasteiger charge is -2.09. The van der Waals surface area contributed by atoms with Crippen molar-refractivity contribution in [1.29, 1.82) is 0 Å². The molecule has 2 rings (SSSR count). The van der Waals surface area contributed by atoms with E-state index in [-0.39, 0.29) is 5.75 Å². The second-order valence-corrected chi connectivity index (χ2v) is 5.28. The number of ether oxygens (including phenoxy) is 1. The molecule has 2 aromatic rings. The number of rotatable bonds is 3. The van der Waals surface area contributed by atoms with Gasteiger partial charge in [0.15, 0.2) is 17.3 Å². The molecule has 0 fully saturated rings. The number of aryl methyl sites for hydroxylation is 1. The molecule has 0 saturated heterocycles. The third-order valence-corrected chi connectivity index (χ3v) is 4.38. The van der Waals surface area contributed by atoms with Crippen molar-refractivity contribution < 1.29 is 9.84 Å². The quantitative estimate of drug-likeness (QED) is 0.642. The number of nitrogens with zero attached hydrogens (tertiary/aromatic N) is 2. The van der Waals surface area contributed by atoms with Gasteiger partial charge in [-0.3, -0.25) is 0 Å². The van der Waals surface area contributed by atoms with Gasteiger partial charge in [-0.05, 0) is 47.2 Å². The second-order valence-electron chi connectivity index (χ2n) is 3.84. The van der Waals surface area contributed by atoms with Gasteiger partial charge in [0, 0.05) is 5.56 Å². The Labute approximate surface area is 129 Å². The van der Waals surface area contributed by atoms with Gasteiger partial charge in [-0.25, -0.2) is 9.97 Å². The molecule has 0 aliphatic rings. The fourth-order valence-corrected chi connectivity index (χ4v) is 2.45. The van der Waals surface area contributed by atoms with Crippen molar-refractivity contribution in [2.45, 2.75) is 13.3 Å². The third-order valence-electron chi connectivity index (χ3n) is 2.65. The average molecular weight is 391 g/mol. The van der Waals surface area contributed by atoms with Crippen molar-refractivity contribution in [3.8, 4) is 22.9 Å². The van der Waals surface area contributed by atoms with Crippen LogP contribution in [0.2, 0.25) is 5.15 Å². The molecular formula is C13H12ClIN2O2. The summed E-state index contributed by atoms with van der Waals surface area (Å²) in [6.07, 6.45) is 0.780. The summed E-state index contributed by atoms with van der Waals surface area (Å²) in [6.45, 7) is 2.02. The number of halogens is 2. The van der Waals surface area contributed by atoms with Crippen LogP contribution in [-0.2, 0) is 6.42 Å². The molecule has 100 valence electrons. The predicted octanol–water partition coefficient (Wildman–Crippen LogP) is 3.68. The number of benzene rings is 1. The van der Waals surface area contributed by atoms with E-state index in [2.05, 4.69) is 32.6 Å².